The van der Waals surface area contributed by atoms with E-state index in [1.807, 2.05) is 30.3 Å². The van der Waals surface area contributed by atoms with Crippen molar-refractivity contribution in [2.75, 3.05) is 0 Å². The van der Waals surface area contributed by atoms with Gasteiger partial charge >= 0.3 is 11.6 Å². The van der Waals surface area contributed by atoms with Crippen LogP contribution in [0.2, 0.25) is 0 Å². The van der Waals surface area contributed by atoms with Crippen LogP contribution in [0, 0.1) is 0 Å². The molecule has 0 radical (unpaired) electrons. The lowest BCUT2D eigenvalue weighted by atomic mass is 10.1. The average molecular weight is 376 g/mol. The highest BCUT2D eigenvalue weighted by atomic mass is 16.5. The molecule has 0 aliphatic carbocycles. The number of nitrogens with zero attached hydrogens (tertiary/aromatic N) is 2. The first kappa shape index (κ1) is 17.5. The monoisotopic (exact) mass is 376 g/mol. The number of aromatic hydroxyl groups is 1. The third kappa shape index (κ3) is 3.78. The third-order valence-electron chi connectivity index (χ3n) is 4.21. The van der Waals surface area contributed by atoms with Gasteiger partial charge in [-0.3, -0.25) is 4.79 Å². The van der Waals surface area contributed by atoms with Gasteiger partial charge in [0.05, 0.1) is 18.3 Å². The third-order valence-corrected chi connectivity index (χ3v) is 4.21. The van der Waals surface area contributed by atoms with Crippen LogP contribution in [0.25, 0.3) is 16.7 Å². The Morgan fingerprint density at radius 2 is 1.96 bits per heavy atom. The summed E-state index contributed by atoms with van der Waals surface area (Å²) in [5.41, 5.74) is 1.79. The summed E-state index contributed by atoms with van der Waals surface area (Å²) in [5.74, 6) is -0.451. The molecule has 0 unspecified atom stereocenters. The molecule has 4 rings (SSSR count). The zero-order chi connectivity index (χ0) is 19.5. The lowest BCUT2D eigenvalue weighted by molar-refractivity contribution is -0.144. The quantitative estimate of drug-likeness (QED) is 0.425. The maximum atomic E-state index is 12.2. The van der Waals surface area contributed by atoms with Crippen molar-refractivity contribution in [2.24, 2.45) is 0 Å². The Hall–Kier alpha value is -3.87. The zero-order valence-corrected chi connectivity index (χ0v) is 14.7. The van der Waals surface area contributed by atoms with Crippen molar-refractivity contribution < 1.29 is 19.1 Å². The zero-order valence-electron chi connectivity index (χ0n) is 14.7. The molecule has 0 bridgehead atoms. The fourth-order valence-electron chi connectivity index (χ4n) is 2.89. The van der Waals surface area contributed by atoms with Gasteiger partial charge in [0, 0.05) is 34.8 Å². The molecule has 2 aromatic heterocycles. The van der Waals surface area contributed by atoms with Crippen LogP contribution < -0.4 is 5.63 Å². The fourth-order valence-corrected chi connectivity index (χ4v) is 2.89. The van der Waals surface area contributed by atoms with Crippen LogP contribution in [0.3, 0.4) is 0 Å². The van der Waals surface area contributed by atoms with E-state index in [1.165, 1.54) is 18.2 Å². The van der Waals surface area contributed by atoms with Crippen molar-refractivity contribution >= 4 is 16.9 Å². The summed E-state index contributed by atoms with van der Waals surface area (Å²) in [5, 5.41) is 14.4. The molecular weight excluding hydrogens is 360 g/mol. The first-order chi connectivity index (χ1) is 13.6. The van der Waals surface area contributed by atoms with Crippen LogP contribution in [0.4, 0.5) is 0 Å². The predicted molar refractivity (Wildman–Crippen MR) is 101 cm³/mol. The van der Waals surface area contributed by atoms with Crippen LogP contribution in [-0.4, -0.2) is 20.9 Å². The summed E-state index contributed by atoms with van der Waals surface area (Å²) in [7, 11) is 0. The number of hydrogen-bond acceptors (Lipinski definition) is 6. The highest BCUT2D eigenvalue weighted by molar-refractivity contribution is 5.81. The van der Waals surface area contributed by atoms with E-state index in [9.17, 15) is 14.7 Å². The van der Waals surface area contributed by atoms with E-state index in [0.29, 0.717) is 10.9 Å². The van der Waals surface area contributed by atoms with Crippen molar-refractivity contribution in [1.29, 1.82) is 0 Å². The molecule has 0 saturated heterocycles. The number of fused-ring (bicyclic) bond motifs is 1. The van der Waals surface area contributed by atoms with Gasteiger partial charge < -0.3 is 14.3 Å². The molecule has 0 amide bonds. The van der Waals surface area contributed by atoms with Gasteiger partial charge in [0.2, 0.25) is 0 Å². The van der Waals surface area contributed by atoms with E-state index in [0.717, 1.165) is 11.3 Å². The minimum atomic E-state index is -0.576. The van der Waals surface area contributed by atoms with Gasteiger partial charge in [0.15, 0.2) is 0 Å². The molecule has 2 heterocycles. The van der Waals surface area contributed by atoms with E-state index < -0.39 is 11.6 Å². The first-order valence-electron chi connectivity index (χ1n) is 8.59. The summed E-state index contributed by atoms with van der Waals surface area (Å²) >= 11 is 0. The Morgan fingerprint density at radius 3 is 2.79 bits per heavy atom. The Kier molecular flexibility index (Phi) is 4.63. The van der Waals surface area contributed by atoms with Gasteiger partial charge in [-0.25, -0.2) is 9.48 Å². The number of carbonyl (C=O) groups excluding carboxylic acids is 1. The molecular formula is C21H16N2O5. The molecule has 1 N–H and O–H groups in total. The summed E-state index contributed by atoms with van der Waals surface area (Å²) < 4.78 is 12.1. The van der Waals surface area contributed by atoms with Crippen molar-refractivity contribution in [3.05, 3.63) is 88.5 Å². The minimum absolute atomic E-state index is 0.0137. The van der Waals surface area contributed by atoms with Gasteiger partial charge in [-0.05, 0) is 24.3 Å². The molecule has 140 valence electrons. The molecule has 7 heteroatoms. The van der Waals surface area contributed by atoms with E-state index in [2.05, 4.69) is 5.10 Å². The number of phenolic OH excluding ortho intramolecular Hbond substituents is 1. The molecule has 0 fully saturated rings. The molecule has 0 aliphatic heterocycles. The fraction of sp³-hybridized carbons (Fsp3) is 0.0952. The molecule has 28 heavy (non-hydrogen) atoms. The first-order valence-corrected chi connectivity index (χ1v) is 8.59. The van der Waals surface area contributed by atoms with E-state index in [1.54, 1.807) is 23.1 Å². The van der Waals surface area contributed by atoms with Crippen LogP contribution >= 0.6 is 0 Å². The molecule has 2 aromatic carbocycles. The summed E-state index contributed by atoms with van der Waals surface area (Å²) in [6, 6.07) is 15.3. The van der Waals surface area contributed by atoms with E-state index in [4.69, 9.17) is 9.15 Å². The van der Waals surface area contributed by atoms with Crippen LogP contribution in [-0.2, 0) is 22.6 Å². The topological polar surface area (TPSA) is 94.6 Å². The largest absolute Gasteiger partial charge is 0.508 e. The highest BCUT2D eigenvalue weighted by Crippen LogP contribution is 2.22. The second kappa shape index (κ2) is 7.40. The lowest BCUT2D eigenvalue weighted by Gasteiger charge is -2.07. The minimum Gasteiger partial charge on any atom is -0.508 e. The van der Waals surface area contributed by atoms with Crippen molar-refractivity contribution in [2.45, 2.75) is 13.0 Å². The van der Waals surface area contributed by atoms with Crippen LogP contribution in [0.15, 0.2) is 76.2 Å². The predicted octanol–water partition coefficient (Wildman–Crippen LogP) is 2.97. The van der Waals surface area contributed by atoms with E-state index in [-0.39, 0.29) is 24.4 Å². The standard InChI is InChI=1S/C21H16N2O5/c24-17-6-7-18-15(9-21(26)28-19(18)10-17)13-27-20(25)8-14-11-22-23(12-14)16-4-2-1-3-5-16/h1-7,9-12,24H,8,13H2. The molecule has 7 nitrogen and oxygen atoms in total. The molecule has 0 spiro atoms. The number of aromatic nitrogens is 2. The smallest absolute Gasteiger partial charge is 0.336 e. The Morgan fingerprint density at radius 1 is 1.14 bits per heavy atom. The van der Waals surface area contributed by atoms with Crippen LogP contribution in [0.5, 0.6) is 5.75 Å². The Bertz CT molecular complexity index is 1190. The van der Waals surface area contributed by atoms with Gasteiger partial charge in [-0.1, -0.05) is 18.2 Å². The molecule has 0 saturated carbocycles. The molecule has 0 atom stereocenters. The maximum Gasteiger partial charge on any atom is 0.336 e. The van der Waals surface area contributed by atoms with Crippen molar-refractivity contribution in [3.63, 3.8) is 0 Å². The molecule has 4 aromatic rings. The Labute approximate surface area is 159 Å². The highest BCUT2D eigenvalue weighted by Gasteiger charge is 2.11. The number of carbonyl (C=O) groups is 1. The van der Waals surface area contributed by atoms with Crippen molar-refractivity contribution in [3.8, 4) is 11.4 Å². The summed E-state index contributed by atoms with van der Waals surface area (Å²) in [6.07, 6.45) is 3.45. The number of esters is 1. The second-order valence-electron chi connectivity index (χ2n) is 6.24. The number of para-hydroxylation sites is 1. The SMILES string of the molecule is O=C(Cc1cnn(-c2ccccc2)c1)OCc1cc(=O)oc2cc(O)ccc12. The Balaban J connectivity index is 1.45. The second-order valence-corrected chi connectivity index (χ2v) is 6.24. The number of ether oxygens (including phenoxy) is 1. The van der Waals surface area contributed by atoms with Gasteiger partial charge in [0.25, 0.3) is 0 Å². The number of hydrogen-bond donors (Lipinski definition) is 1. The van der Waals surface area contributed by atoms with Gasteiger partial charge in [-0.15, -0.1) is 0 Å². The number of benzene rings is 2. The molecule has 0 aliphatic rings. The maximum absolute atomic E-state index is 12.2. The van der Waals surface area contributed by atoms with Crippen LogP contribution in [0.1, 0.15) is 11.1 Å². The average Bonchev–Trinajstić information content (AvgIpc) is 3.14. The summed E-state index contributed by atoms with van der Waals surface area (Å²) in [4.78, 5) is 23.9. The number of rotatable bonds is 5. The normalized spacial score (nSPS) is 10.9. The van der Waals surface area contributed by atoms with Crippen molar-refractivity contribution in [1.82, 2.24) is 9.78 Å². The number of phenols is 1. The lowest BCUT2D eigenvalue weighted by Crippen LogP contribution is -2.09. The van der Waals surface area contributed by atoms with Gasteiger partial charge in [0.1, 0.15) is 17.9 Å². The van der Waals surface area contributed by atoms with Gasteiger partial charge in [-0.2, -0.15) is 5.10 Å². The summed E-state index contributed by atoms with van der Waals surface area (Å²) in [6.45, 7) is -0.0709. The van der Waals surface area contributed by atoms with E-state index >= 15 is 0 Å².